The Morgan fingerprint density at radius 2 is 1.86 bits per heavy atom. The first-order valence-electron chi connectivity index (χ1n) is 7.64. The van der Waals surface area contributed by atoms with Crippen LogP contribution in [0, 0.1) is 0 Å². The average Bonchev–Trinajstić information content (AvgIpc) is 2.46. The second kappa shape index (κ2) is 8.39. The van der Waals surface area contributed by atoms with Gasteiger partial charge in [0.25, 0.3) is 0 Å². The van der Waals surface area contributed by atoms with Crippen molar-refractivity contribution in [3.05, 3.63) is 24.3 Å². The molecule has 1 aromatic rings. The van der Waals surface area contributed by atoms with Crippen molar-refractivity contribution in [1.29, 1.82) is 0 Å². The van der Waals surface area contributed by atoms with Gasteiger partial charge in [-0.2, -0.15) is 0 Å². The normalized spacial score (nSPS) is 12.1. The minimum Gasteiger partial charge on any atom is -0.384 e. The molecule has 1 rings (SSSR count). The molecule has 0 amide bonds. The summed E-state index contributed by atoms with van der Waals surface area (Å²) in [5, 5.41) is 3.26. The standard InChI is InChI=1S/C16H28N2O2S/c1-5-21(19,20)16-11-7-6-10-15(16)17-12-8-9-13-18(4)14(2)3/h6-7,10-11,14,17H,5,8-9,12-13H2,1-4H3. The van der Waals surface area contributed by atoms with Gasteiger partial charge in [-0.15, -0.1) is 0 Å². The molecule has 0 saturated carbocycles. The Bertz CT molecular complexity index is 527. The quantitative estimate of drug-likeness (QED) is 0.712. The molecule has 0 aliphatic carbocycles. The van der Waals surface area contributed by atoms with Gasteiger partial charge in [-0.25, -0.2) is 8.42 Å². The van der Waals surface area contributed by atoms with Gasteiger partial charge in [0.05, 0.1) is 16.3 Å². The smallest absolute Gasteiger partial charge is 0.180 e. The van der Waals surface area contributed by atoms with E-state index in [0.717, 1.165) is 31.6 Å². The van der Waals surface area contributed by atoms with Gasteiger partial charge >= 0.3 is 0 Å². The Kier molecular flexibility index (Phi) is 7.18. The van der Waals surface area contributed by atoms with Crippen LogP contribution >= 0.6 is 0 Å². The molecule has 1 N–H and O–H groups in total. The second-order valence-corrected chi connectivity index (χ2v) is 7.85. The predicted molar refractivity (Wildman–Crippen MR) is 89.7 cm³/mol. The van der Waals surface area contributed by atoms with E-state index < -0.39 is 9.84 Å². The summed E-state index contributed by atoms with van der Waals surface area (Å²) in [6.45, 7) is 7.90. The molecule has 21 heavy (non-hydrogen) atoms. The van der Waals surface area contributed by atoms with E-state index in [2.05, 4.69) is 31.1 Å². The predicted octanol–water partition coefficient (Wildman–Crippen LogP) is 3.01. The van der Waals surface area contributed by atoms with Crippen molar-refractivity contribution in [2.24, 2.45) is 0 Å². The lowest BCUT2D eigenvalue weighted by Crippen LogP contribution is -2.27. The molecule has 4 nitrogen and oxygen atoms in total. The lowest BCUT2D eigenvalue weighted by Gasteiger charge is -2.20. The number of nitrogens with zero attached hydrogens (tertiary/aromatic N) is 1. The minimum absolute atomic E-state index is 0.130. The lowest BCUT2D eigenvalue weighted by molar-refractivity contribution is 0.269. The van der Waals surface area contributed by atoms with E-state index in [0.29, 0.717) is 10.9 Å². The zero-order valence-electron chi connectivity index (χ0n) is 13.6. The van der Waals surface area contributed by atoms with Crippen LogP contribution < -0.4 is 5.32 Å². The average molecular weight is 312 g/mol. The van der Waals surface area contributed by atoms with E-state index in [-0.39, 0.29) is 5.75 Å². The number of nitrogens with one attached hydrogen (secondary N) is 1. The summed E-state index contributed by atoms with van der Waals surface area (Å²) in [7, 11) is -1.04. The zero-order chi connectivity index (χ0) is 15.9. The maximum atomic E-state index is 12.0. The Hall–Kier alpha value is -1.07. The van der Waals surface area contributed by atoms with E-state index in [1.807, 2.05) is 12.1 Å². The molecule has 0 bridgehead atoms. The fraction of sp³-hybridized carbons (Fsp3) is 0.625. The van der Waals surface area contributed by atoms with E-state index in [1.165, 1.54) is 0 Å². The lowest BCUT2D eigenvalue weighted by atomic mass is 10.2. The summed E-state index contributed by atoms with van der Waals surface area (Å²) in [6.07, 6.45) is 2.13. The van der Waals surface area contributed by atoms with Crippen LogP contribution in [-0.4, -0.2) is 45.2 Å². The number of hydrogen-bond acceptors (Lipinski definition) is 4. The van der Waals surface area contributed by atoms with Crippen molar-refractivity contribution in [2.45, 2.75) is 44.6 Å². The fourth-order valence-corrected chi connectivity index (χ4v) is 3.08. The van der Waals surface area contributed by atoms with Gasteiger partial charge < -0.3 is 10.2 Å². The number of para-hydroxylation sites is 1. The summed E-state index contributed by atoms with van der Waals surface area (Å²) in [5.41, 5.74) is 0.719. The van der Waals surface area contributed by atoms with E-state index in [1.54, 1.807) is 19.1 Å². The Morgan fingerprint density at radius 1 is 1.19 bits per heavy atom. The first kappa shape index (κ1) is 18.0. The van der Waals surface area contributed by atoms with Gasteiger partial charge in [0.15, 0.2) is 9.84 Å². The molecule has 0 aliphatic rings. The van der Waals surface area contributed by atoms with Crippen molar-refractivity contribution in [3.63, 3.8) is 0 Å². The molecule has 0 heterocycles. The molecule has 1 aromatic carbocycles. The topological polar surface area (TPSA) is 49.4 Å². The third-order valence-electron chi connectivity index (χ3n) is 3.74. The van der Waals surface area contributed by atoms with Crippen LogP contribution in [0.15, 0.2) is 29.2 Å². The van der Waals surface area contributed by atoms with Gasteiger partial charge in [0.2, 0.25) is 0 Å². The van der Waals surface area contributed by atoms with Crippen molar-refractivity contribution in [2.75, 3.05) is 31.2 Å². The largest absolute Gasteiger partial charge is 0.384 e. The molecule has 0 aromatic heterocycles. The first-order chi connectivity index (χ1) is 9.88. The van der Waals surface area contributed by atoms with Crippen LogP contribution in [0.1, 0.15) is 33.6 Å². The van der Waals surface area contributed by atoms with Gasteiger partial charge in [-0.1, -0.05) is 19.1 Å². The molecule has 0 fully saturated rings. The number of benzene rings is 1. The van der Waals surface area contributed by atoms with Gasteiger partial charge in [-0.3, -0.25) is 0 Å². The summed E-state index contributed by atoms with van der Waals surface area (Å²) < 4.78 is 24.1. The monoisotopic (exact) mass is 312 g/mol. The highest BCUT2D eigenvalue weighted by Gasteiger charge is 2.15. The molecule has 0 spiro atoms. The molecule has 0 atom stereocenters. The second-order valence-electron chi connectivity index (χ2n) is 5.61. The van der Waals surface area contributed by atoms with Crippen molar-refractivity contribution >= 4 is 15.5 Å². The number of sulfone groups is 1. The highest BCUT2D eigenvalue weighted by molar-refractivity contribution is 7.91. The van der Waals surface area contributed by atoms with Crippen LogP contribution in [0.4, 0.5) is 5.69 Å². The summed E-state index contributed by atoms with van der Waals surface area (Å²) in [6, 6.07) is 7.71. The van der Waals surface area contributed by atoms with Crippen LogP contribution in [0.3, 0.4) is 0 Å². The maximum absolute atomic E-state index is 12.0. The molecule has 0 unspecified atom stereocenters. The molecule has 120 valence electrons. The highest BCUT2D eigenvalue weighted by atomic mass is 32.2. The Balaban J connectivity index is 2.50. The molecule has 5 heteroatoms. The Morgan fingerprint density at radius 3 is 2.48 bits per heavy atom. The third kappa shape index (κ3) is 5.67. The van der Waals surface area contributed by atoms with E-state index in [9.17, 15) is 8.42 Å². The third-order valence-corrected chi connectivity index (χ3v) is 5.52. The number of hydrogen-bond donors (Lipinski definition) is 1. The number of unbranched alkanes of at least 4 members (excludes halogenated alkanes) is 1. The molecule has 0 saturated heterocycles. The molecular formula is C16H28N2O2S. The first-order valence-corrected chi connectivity index (χ1v) is 9.29. The molecule has 0 aliphatic heterocycles. The van der Waals surface area contributed by atoms with E-state index >= 15 is 0 Å². The summed E-state index contributed by atoms with van der Waals surface area (Å²) in [4.78, 5) is 2.72. The molecular weight excluding hydrogens is 284 g/mol. The van der Waals surface area contributed by atoms with Gasteiger partial charge in [0, 0.05) is 12.6 Å². The van der Waals surface area contributed by atoms with E-state index in [4.69, 9.17) is 0 Å². The van der Waals surface area contributed by atoms with Crippen molar-refractivity contribution in [3.8, 4) is 0 Å². The number of anilines is 1. The van der Waals surface area contributed by atoms with Crippen LogP contribution in [-0.2, 0) is 9.84 Å². The SMILES string of the molecule is CCS(=O)(=O)c1ccccc1NCCCCN(C)C(C)C. The Labute approximate surface area is 129 Å². The van der Waals surface area contributed by atoms with Crippen molar-refractivity contribution < 1.29 is 8.42 Å². The highest BCUT2D eigenvalue weighted by Crippen LogP contribution is 2.21. The van der Waals surface area contributed by atoms with Crippen LogP contribution in [0.2, 0.25) is 0 Å². The van der Waals surface area contributed by atoms with Gasteiger partial charge in [0.1, 0.15) is 0 Å². The minimum atomic E-state index is -3.17. The summed E-state index contributed by atoms with van der Waals surface area (Å²) >= 11 is 0. The fourth-order valence-electron chi connectivity index (χ4n) is 2.01. The zero-order valence-corrected chi connectivity index (χ0v) is 14.4. The van der Waals surface area contributed by atoms with Crippen LogP contribution in [0.5, 0.6) is 0 Å². The summed E-state index contributed by atoms with van der Waals surface area (Å²) in [5.74, 6) is 0.130. The number of rotatable bonds is 9. The van der Waals surface area contributed by atoms with Crippen molar-refractivity contribution in [1.82, 2.24) is 4.90 Å². The van der Waals surface area contributed by atoms with Crippen LogP contribution in [0.25, 0.3) is 0 Å². The molecule has 0 radical (unpaired) electrons. The van der Waals surface area contributed by atoms with Gasteiger partial charge in [-0.05, 0) is 52.4 Å². The maximum Gasteiger partial charge on any atom is 0.180 e.